The van der Waals surface area contributed by atoms with Gasteiger partial charge in [0.2, 0.25) is 5.91 Å². The number of benzene rings is 1. The van der Waals surface area contributed by atoms with E-state index in [2.05, 4.69) is 10.3 Å². The van der Waals surface area contributed by atoms with Crippen LogP contribution in [0.4, 0.5) is 0 Å². The molecular formula is C16H18N2OS2. The van der Waals surface area contributed by atoms with Gasteiger partial charge in [-0.15, -0.1) is 23.5 Å². The van der Waals surface area contributed by atoms with Crippen LogP contribution in [-0.2, 0) is 4.79 Å². The molecule has 110 valence electrons. The van der Waals surface area contributed by atoms with Crippen LogP contribution in [-0.4, -0.2) is 28.4 Å². The SMILES string of the molecule is C[C@@H](Sc1ccccc1)C(=O)NCCSc1ccccn1. The number of rotatable bonds is 7. The Morgan fingerprint density at radius 2 is 1.95 bits per heavy atom. The summed E-state index contributed by atoms with van der Waals surface area (Å²) in [5.74, 6) is 0.899. The number of hydrogen-bond donors (Lipinski definition) is 1. The molecule has 1 N–H and O–H groups in total. The summed E-state index contributed by atoms with van der Waals surface area (Å²) in [6.45, 7) is 2.58. The molecule has 1 atom stereocenters. The van der Waals surface area contributed by atoms with E-state index in [9.17, 15) is 4.79 Å². The van der Waals surface area contributed by atoms with Crippen molar-refractivity contribution in [2.75, 3.05) is 12.3 Å². The first-order valence-corrected chi connectivity index (χ1v) is 8.65. The zero-order valence-corrected chi connectivity index (χ0v) is 13.5. The molecule has 0 saturated heterocycles. The van der Waals surface area contributed by atoms with Gasteiger partial charge >= 0.3 is 0 Å². The monoisotopic (exact) mass is 318 g/mol. The second-order valence-electron chi connectivity index (χ2n) is 4.38. The Morgan fingerprint density at radius 1 is 1.19 bits per heavy atom. The van der Waals surface area contributed by atoms with Crippen LogP contribution in [0.25, 0.3) is 0 Å². The largest absolute Gasteiger partial charge is 0.354 e. The molecule has 0 aliphatic heterocycles. The van der Waals surface area contributed by atoms with E-state index in [1.807, 2.05) is 55.5 Å². The van der Waals surface area contributed by atoms with Gasteiger partial charge in [0.05, 0.1) is 10.3 Å². The third kappa shape index (κ3) is 5.81. The number of carbonyl (C=O) groups excluding carboxylic acids is 1. The molecule has 2 rings (SSSR count). The average molecular weight is 318 g/mol. The second kappa shape index (κ2) is 8.74. The van der Waals surface area contributed by atoms with Gasteiger partial charge in [0.1, 0.15) is 0 Å². The van der Waals surface area contributed by atoms with Gasteiger partial charge < -0.3 is 5.32 Å². The van der Waals surface area contributed by atoms with Crippen molar-refractivity contribution in [1.82, 2.24) is 10.3 Å². The lowest BCUT2D eigenvalue weighted by atomic mass is 10.4. The van der Waals surface area contributed by atoms with E-state index in [4.69, 9.17) is 0 Å². The Bertz CT molecular complexity index is 549. The Kier molecular flexibility index (Phi) is 6.63. The molecule has 2 aromatic rings. The van der Waals surface area contributed by atoms with E-state index in [0.717, 1.165) is 15.7 Å². The first kappa shape index (κ1) is 15.9. The van der Waals surface area contributed by atoms with Crippen molar-refractivity contribution >= 4 is 29.4 Å². The van der Waals surface area contributed by atoms with Gasteiger partial charge in [-0.05, 0) is 31.2 Å². The number of thioether (sulfide) groups is 2. The summed E-state index contributed by atoms with van der Waals surface area (Å²) >= 11 is 3.22. The lowest BCUT2D eigenvalue weighted by molar-refractivity contribution is -0.120. The summed E-state index contributed by atoms with van der Waals surface area (Å²) in [7, 11) is 0. The Morgan fingerprint density at radius 3 is 2.67 bits per heavy atom. The summed E-state index contributed by atoms with van der Waals surface area (Å²) < 4.78 is 0. The van der Waals surface area contributed by atoms with Crippen molar-refractivity contribution in [2.45, 2.75) is 22.1 Å². The number of nitrogens with zero attached hydrogens (tertiary/aromatic N) is 1. The highest BCUT2D eigenvalue weighted by Crippen LogP contribution is 2.22. The van der Waals surface area contributed by atoms with Crippen molar-refractivity contribution in [2.24, 2.45) is 0 Å². The van der Waals surface area contributed by atoms with Crippen molar-refractivity contribution in [3.8, 4) is 0 Å². The fraction of sp³-hybridized carbons (Fsp3) is 0.250. The Labute approximate surface area is 133 Å². The molecular weight excluding hydrogens is 300 g/mol. The first-order valence-electron chi connectivity index (χ1n) is 6.79. The predicted molar refractivity (Wildman–Crippen MR) is 89.7 cm³/mol. The molecule has 0 unspecified atom stereocenters. The number of carbonyl (C=O) groups is 1. The molecule has 5 heteroatoms. The van der Waals surface area contributed by atoms with E-state index < -0.39 is 0 Å². The molecule has 0 fully saturated rings. The van der Waals surface area contributed by atoms with Gasteiger partial charge in [0.15, 0.2) is 0 Å². The first-order chi connectivity index (χ1) is 10.3. The minimum Gasteiger partial charge on any atom is -0.354 e. The summed E-state index contributed by atoms with van der Waals surface area (Å²) in [5, 5.41) is 3.86. The Hall–Kier alpha value is -1.46. The maximum absolute atomic E-state index is 12.0. The number of hydrogen-bond acceptors (Lipinski definition) is 4. The Balaban J connectivity index is 1.67. The topological polar surface area (TPSA) is 42.0 Å². The van der Waals surface area contributed by atoms with E-state index in [1.165, 1.54) is 0 Å². The van der Waals surface area contributed by atoms with E-state index >= 15 is 0 Å². The molecule has 1 heterocycles. The molecule has 0 saturated carbocycles. The molecule has 21 heavy (non-hydrogen) atoms. The average Bonchev–Trinajstić information content (AvgIpc) is 2.53. The molecule has 0 bridgehead atoms. The van der Waals surface area contributed by atoms with Crippen LogP contribution in [0, 0.1) is 0 Å². The quantitative estimate of drug-likeness (QED) is 0.627. The third-order valence-electron chi connectivity index (χ3n) is 2.71. The highest BCUT2D eigenvalue weighted by molar-refractivity contribution is 8.00. The van der Waals surface area contributed by atoms with Crippen LogP contribution in [0.15, 0.2) is 64.6 Å². The summed E-state index contributed by atoms with van der Waals surface area (Å²) in [6.07, 6.45) is 1.78. The molecule has 1 aromatic heterocycles. The van der Waals surface area contributed by atoms with Crippen LogP contribution in [0.3, 0.4) is 0 Å². The van der Waals surface area contributed by atoms with Crippen LogP contribution >= 0.6 is 23.5 Å². The predicted octanol–water partition coefficient (Wildman–Crippen LogP) is 3.47. The zero-order chi connectivity index (χ0) is 14.9. The summed E-state index contributed by atoms with van der Waals surface area (Å²) in [5.41, 5.74) is 0. The highest BCUT2D eigenvalue weighted by atomic mass is 32.2. The third-order valence-corrected chi connectivity index (χ3v) is 4.77. The molecule has 0 aliphatic rings. The van der Waals surface area contributed by atoms with Gasteiger partial charge in [-0.25, -0.2) is 4.98 Å². The molecule has 0 aliphatic carbocycles. The molecule has 0 spiro atoms. The number of amides is 1. The minimum atomic E-state index is -0.0905. The van der Waals surface area contributed by atoms with Gasteiger partial charge in [0, 0.05) is 23.4 Å². The van der Waals surface area contributed by atoms with E-state index in [-0.39, 0.29) is 11.2 Å². The van der Waals surface area contributed by atoms with Crippen LogP contribution in [0.1, 0.15) is 6.92 Å². The van der Waals surface area contributed by atoms with E-state index in [1.54, 1.807) is 29.7 Å². The van der Waals surface area contributed by atoms with Gasteiger partial charge in [-0.2, -0.15) is 0 Å². The highest BCUT2D eigenvalue weighted by Gasteiger charge is 2.13. The molecule has 3 nitrogen and oxygen atoms in total. The smallest absolute Gasteiger partial charge is 0.233 e. The van der Waals surface area contributed by atoms with Crippen molar-refractivity contribution in [3.63, 3.8) is 0 Å². The molecule has 1 aromatic carbocycles. The lowest BCUT2D eigenvalue weighted by Crippen LogP contribution is -2.32. The van der Waals surface area contributed by atoms with Gasteiger partial charge in [-0.3, -0.25) is 4.79 Å². The number of pyridine rings is 1. The zero-order valence-electron chi connectivity index (χ0n) is 11.9. The number of aromatic nitrogens is 1. The maximum Gasteiger partial charge on any atom is 0.233 e. The van der Waals surface area contributed by atoms with Crippen LogP contribution in [0.5, 0.6) is 0 Å². The standard InChI is InChI=1S/C16H18N2OS2/c1-13(21-14-7-3-2-4-8-14)16(19)18-11-12-20-15-9-5-6-10-17-15/h2-10,13H,11-12H2,1H3,(H,18,19)/t13-/m1/s1. The molecule has 0 radical (unpaired) electrons. The van der Waals surface area contributed by atoms with Crippen molar-refractivity contribution < 1.29 is 4.79 Å². The fourth-order valence-electron chi connectivity index (χ4n) is 1.66. The normalized spacial score (nSPS) is 11.9. The number of nitrogens with one attached hydrogen (secondary N) is 1. The van der Waals surface area contributed by atoms with Crippen LogP contribution < -0.4 is 5.32 Å². The maximum atomic E-state index is 12.0. The minimum absolute atomic E-state index is 0.0745. The van der Waals surface area contributed by atoms with E-state index in [0.29, 0.717) is 6.54 Å². The fourth-order valence-corrected chi connectivity index (χ4v) is 3.30. The van der Waals surface area contributed by atoms with Gasteiger partial charge in [0.25, 0.3) is 0 Å². The van der Waals surface area contributed by atoms with Crippen molar-refractivity contribution in [3.05, 3.63) is 54.7 Å². The lowest BCUT2D eigenvalue weighted by Gasteiger charge is -2.11. The summed E-state index contributed by atoms with van der Waals surface area (Å²) in [4.78, 5) is 17.3. The molecule has 1 amide bonds. The summed E-state index contributed by atoms with van der Waals surface area (Å²) in [6, 6.07) is 15.8. The van der Waals surface area contributed by atoms with Crippen molar-refractivity contribution in [1.29, 1.82) is 0 Å². The second-order valence-corrected chi connectivity index (χ2v) is 6.91. The van der Waals surface area contributed by atoms with Crippen LogP contribution in [0.2, 0.25) is 0 Å². The van der Waals surface area contributed by atoms with Gasteiger partial charge in [-0.1, -0.05) is 24.3 Å².